The van der Waals surface area contributed by atoms with E-state index in [9.17, 15) is 9.90 Å². The molecular formula is C15H18O3Si. The van der Waals surface area contributed by atoms with Gasteiger partial charge in [-0.3, -0.25) is 0 Å². The maximum atomic E-state index is 10.7. The Hall–Kier alpha value is -1.46. The minimum atomic E-state index is -3.25. The first kappa shape index (κ1) is 14.0. The first-order chi connectivity index (χ1) is 9.15. The van der Waals surface area contributed by atoms with Gasteiger partial charge in [0, 0.05) is 13.2 Å². The molecule has 2 aromatic carbocycles. The van der Waals surface area contributed by atoms with Crippen molar-refractivity contribution in [1.29, 1.82) is 0 Å². The minimum absolute atomic E-state index is 0.362. The molecule has 2 unspecified atom stereocenters. The van der Waals surface area contributed by atoms with E-state index in [1.807, 2.05) is 48.5 Å². The van der Waals surface area contributed by atoms with Crippen LogP contribution in [0.15, 0.2) is 60.7 Å². The van der Waals surface area contributed by atoms with Crippen molar-refractivity contribution in [3.05, 3.63) is 71.8 Å². The highest BCUT2D eigenvalue weighted by Gasteiger charge is 2.42. The smallest absolute Gasteiger partial charge is 0.374 e. The van der Waals surface area contributed by atoms with Gasteiger partial charge in [-0.05, 0) is 11.1 Å². The maximum Gasteiger partial charge on any atom is 0.374 e. The van der Waals surface area contributed by atoms with Gasteiger partial charge in [-0.2, -0.15) is 0 Å². The Morgan fingerprint density at radius 3 is 2.05 bits per heavy atom. The Bertz CT molecular complexity index is 503. The average Bonchev–Trinajstić information content (AvgIpc) is 2.48. The fraction of sp³-hybridized carbons (Fsp3) is 0.200. The lowest BCUT2D eigenvalue weighted by Crippen LogP contribution is -2.47. The summed E-state index contributed by atoms with van der Waals surface area (Å²) in [5.74, 6) is 0. The van der Waals surface area contributed by atoms with Gasteiger partial charge in [0.2, 0.25) is 0 Å². The molecular weight excluding hydrogens is 256 g/mol. The van der Waals surface area contributed by atoms with Crippen LogP contribution in [0, 0.1) is 0 Å². The highest BCUT2D eigenvalue weighted by molar-refractivity contribution is 6.66. The van der Waals surface area contributed by atoms with Gasteiger partial charge in [-0.1, -0.05) is 60.7 Å². The van der Waals surface area contributed by atoms with Gasteiger partial charge < -0.3 is 14.3 Å². The third-order valence-electron chi connectivity index (χ3n) is 3.20. The monoisotopic (exact) mass is 274 g/mol. The summed E-state index contributed by atoms with van der Waals surface area (Å²) in [4.78, 5) is 10.7. The SMILES string of the molecule is CO[Si](O)(Cc1ccccc1)C(O)c1ccccc1. The highest BCUT2D eigenvalue weighted by Crippen LogP contribution is 2.25. The van der Waals surface area contributed by atoms with Crippen LogP contribution in [0.5, 0.6) is 0 Å². The predicted molar refractivity (Wildman–Crippen MR) is 76.5 cm³/mol. The molecule has 2 aromatic rings. The molecule has 2 N–H and O–H groups in total. The van der Waals surface area contributed by atoms with Crippen molar-refractivity contribution in [2.45, 2.75) is 11.8 Å². The van der Waals surface area contributed by atoms with E-state index in [2.05, 4.69) is 0 Å². The van der Waals surface area contributed by atoms with Crippen molar-refractivity contribution >= 4 is 8.56 Å². The number of benzene rings is 2. The van der Waals surface area contributed by atoms with Crippen molar-refractivity contribution < 1.29 is 14.3 Å². The molecule has 0 bridgehead atoms. The van der Waals surface area contributed by atoms with Crippen LogP contribution in [0.4, 0.5) is 0 Å². The summed E-state index contributed by atoms with van der Waals surface area (Å²) >= 11 is 0. The van der Waals surface area contributed by atoms with E-state index in [-0.39, 0.29) is 0 Å². The molecule has 100 valence electrons. The van der Waals surface area contributed by atoms with Gasteiger partial charge in [-0.25, -0.2) is 0 Å². The molecule has 0 aromatic heterocycles. The molecule has 0 aliphatic carbocycles. The number of hydrogen-bond donors (Lipinski definition) is 2. The van der Waals surface area contributed by atoms with Crippen molar-refractivity contribution in [2.24, 2.45) is 0 Å². The minimum Gasteiger partial charge on any atom is -0.409 e. The van der Waals surface area contributed by atoms with Crippen LogP contribution in [0.25, 0.3) is 0 Å². The van der Waals surface area contributed by atoms with Crippen molar-refractivity contribution in [3.63, 3.8) is 0 Å². The standard InChI is InChI=1S/C15H18O3Si/c1-18-19(17,12-13-8-4-2-5-9-13)15(16)14-10-6-3-7-11-14/h2-11,15-17H,12H2,1H3. The predicted octanol–water partition coefficient (Wildman–Crippen LogP) is 2.12. The Kier molecular flexibility index (Phi) is 4.50. The molecule has 0 aliphatic heterocycles. The maximum absolute atomic E-state index is 10.7. The first-order valence-electron chi connectivity index (χ1n) is 6.20. The molecule has 4 heteroatoms. The normalized spacial score (nSPS) is 15.7. The molecule has 19 heavy (non-hydrogen) atoms. The Balaban J connectivity index is 2.22. The molecule has 0 spiro atoms. The summed E-state index contributed by atoms with van der Waals surface area (Å²) in [5.41, 5.74) is 0.696. The van der Waals surface area contributed by atoms with Crippen LogP contribution < -0.4 is 0 Å². The Morgan fingerprint density at radius 1 is 1.00 bits per heavy atom. The van der Waals surface area contributed by atoms with Crippen LogP contribution in [-0.2, 0) is 10.5 Å². The van der Waals surface area contributed by atoms with E-state index < -0.39 is 14.3 Å². The van der Waals surface area contributed by atoms with Gasteiger partial charge in [0.1, 0.15) is 5.73 Å². The van der Waals surface area contributed by atoms with E-state index >= 15 is 0 Å². The molecule has 0 radical (unpaired) electrons. The zero-order valence-corrected chi connectivity index (χ0v) is 11.9. The lowest BCUT2D eigenvalue weighted by Gasteiger charge is -2.28. The van der Waals surface area contributed by atoms with Gasteiger partial charge in [-0.15, -0.1) is 0 Å². The van der Waals surface area contributed by atoms with Gasteiger partial charge in [0.05, 0.1) is 0 Å². The zero-order chi connectivity index (χ0) is 13.7. The van der Waals surface area contributed by atoms with E-state index in [1.54, 1.807) is 12.1 Å². The molecule has 3 nitrogen and oxygen atoms in total. The largest absolute Gasteiger partial charge is 0.409 e. The number of aliphatic hydroxyl groups is 1. The Morgan fingerprint density at radius 2 is 1.53 bits per heavy atom. The van der Waals surface area contributed by atoms with Crippen molar-refractivity contribution in [1.82, 2.24) is 0 Å². The number of aliphatic hydroxyl groups excluding tert-OH is 1. The quantitative estimate of drug-likeness (QED) is 0.821. The fourth-order valence-corrected chi connectivity index (χ4v) is 4.16. The summed E-state index contributed by atoms with van der Waals surface area (Å²) in [6, 6.07) is 19.1. The topological polar surface area (TPSA) is 49.7 Å². The summed E-state index contributed by atoms with van der Waals surface area (Å²) in [6.07, 6.45) is 0. The van der Waals surface area contributed by atoms with Crippen LogP contribution in [0.1, 0.15) is 16.9 Å². The number of hydrogen-bond acceptors (Lipinski definition) is 3. The van der Waals surface area contributed by atoms with Crippen LogP contribution in [0.3, 0.4) is 0 Å². The van der Waals surface area contributed by atoms with Crippen LogP contribution >= 0.6 is 0 Å². The van der Waals surface area contributed by atoms with Gasteiger partial charge >= 0.3 is 8.56 Å². The second-order valence-corrected chi connectivity index (χ2v) is 7.52. The summed E-state index contributed by atoms with van der Waals surface area (Å²) < 4.78 is 5.30. The van der Waals surface area contributed by atoms with Crippen LogP contribution in [0.2, 0.25) is 0 Å². The first-order valence-corrected chi connectivity index (χ1v) is 8.34. The van der Waals surface area contributed by atoms with Gasteiger partial charge in [0.15, 0.2) is 0 Å². The average molecular weight is 274 g/mol. The summed E-state index contributed by atoms with van der Waals surface area (Å²) in [6.45, 7) is 0. The lowest BCUT2D eigenvalue weighted by molar-refractivity contribution is 0.159. The highest BCUT2D eigenvalue weighted by atomic mass is 28.4. The third kappa shape index (κ3) is 3.30. The van der Waals surface area contributed by atoms with Crippen LogP contribution in [-0.4, -0.2) is 25.6 Å². The van der Waals surface area contributed by atoms with Crippen molar-refractivity contribution in [3.8, 4) is 0 Å². The molecule has 0 amide bonds. The third-order valence-corrected chi connectivity index (χ3v) is 6.01. The summed E-state index contributed by atoms with van der Waals surface area (Å²) in [7, 11) is -1.79. The fourth-order valence-electron chi connectivity index (χ4n) is 2.06. The van der Waals surface area contributed by atoms with E-state index in [1.165, 1.54) is 7.11 Å². The second kappa shape index (κ2) is 6.12. The second-order valence-electron chi connectivity index (χ2n) is 4.52. The molecule has 0 saturated carbocycles. The molecule has 2 rings (SSSR count). The zero-order valence-electron chi connectivity index (χ0n) is 10.9. The lowest BCUT2D eigenvalue weighted by atomic mass is 10.2. The van der Waals surface area contributed by atoms with E-state index in [0.29, 0.717) is 11.6 Å². The van der Waals surface area contributed by atoms with E-state index in [4.69, 9.17) is 4.43 Å². The van der Waals surface area contributed by atoms with Gasteiger partial charge in [0.25, 0.3) is 0 Å². The molecule has 2 atom stereocenters. The van der Waals surface area contributed by atoms with E-state index in [0.717, 1.165) is 5.56 Å². The molecule has 0 aliphatic rings. The molecule has 0 fully saturated rings. The molecule has 0 heterocycles. The number of rotatable bonds is 5. The Labute approximate surface area is 114 Å². The molecule has 0 saturated heterocycles. The van der Waals surface area contributed by atoms with Crippen molar-refractivity contribution in [2.75, 3.05) is 7.11 Å². The summed E-state index contributed by atoms with van der Waals surface area (Å²) in [5, 5.41) is 10.4.